The highest BCUT2D eigenvalue weighted by molar-refractivity contribution is 5.12. The SMILES string of the molecule is CC(C)n1cc(CN2CC3(C[C@H](Oc4ccccn4)CCO3)C2)cn1. The predicted molar refractivity (Wildman–Crippen MR) is 94.5 cm³/mol. The molecule has 0 unspecified atom stereocenters. The van der Waals surface area contributed by atoms with Crippen LogP contribution in [-0.2, 0) is 11.3 Å². The summed E-state index contributed by atoms with van der Waals surface area (Å²) in [6.45, 7) is 7.91. The summed E-state index contributed by atoms with van der Waals surface area (Å²) in [5.41, 5.74) is 1.21. The zero-order valence-electron chi connectivity index (χ0n) is 15.0. The molecule has 6 heteroatoms. The number of rotatable bonds is 5. The van der Waals surface area contributed by atoms with Crippen molar-refractivity contribution in [1.29, 1.82) is 0 Å². The molecule has 0 aromatic carbocycles. The maximum Gasteiger partial charge on any atom is 0.213 e. The summed E-state index contributed by atoms with van der Waals surface area (Å²) in [6, 6.07) is 6.19. The van der Waals surface area contributed by atoms with Crippen molar-refractivity contribution >= 4 is 0 Å². The van der Waals surface area contributed by atoms with Gasteiger partial charge in [-0.05, 0) is 19.9 Å². The van der Waals surface area contributed by atoms with E-state index in [1.807, 2.05) is 29.1 Å². The fraction of sp³-hybridized carbons (Fsp3) is 0.579. The number of hydrogen-bond acceptors (Lipinski definition) is 5. The molecule has 2 aromatic heterocycles. The van der Waals surface area contributed by atoms with Gasteiger partial charge in [-0.3, -0.25) is 9.58 Å². The molecule has 25 heavy (non-hydrogen) atoms. The van der Waals surface area contributed by atoms with Gasteiger partial charge in [0.25, 0.3) is 0 Å². The van der Waals surface area contributed by atoms with Crippen molar-refractivity contribution in [3.8, 4) is 5.88 Å². The van der Waals surface area contributed by atoms with Crippen molar-refractivity contribution in [2.24, 2.45) is 0 Å². The van der Waals surface area contributed by atoms with E-state index < -0.39 is 0 Å². The highest BCUT2D eigenvalue weighted by Crippen LogP contribution is 2.36. The first kappa shape index (κ1) is 16.5. The molecular weight excluding hydrogens is 316 g/mol. The maximum absolute atomic E-state index is 6.12. The van der Waals surface area contributed by atoms with E-state index in [0.717, 1.165) is 39.1 Å². The number of hydrogen-bond donors (Lipinski definition) is 0. The first-order valence-corrected chi connectivity index (χ1v) is 9.09. The average molecular weight is 342 g/mol. The van der Waals surface area contributed by atoms with Gasteiger partial charge in [0.15, 0.2) is 0 Å². The number of pyridine rings is 1. The Bertz CT molecular complexity index is 694. The van der Waals surface area contributed by atoms with Crippen LogP contribution in [0.25, 0.3) is 0 Å². The third-order valence-corrected chi connectivity index (χ3v) is 4.99. The van der Waals surface area contributed by atoms with Crippen molar-refractivity contribution in [2.45, 2.75) is 51.0 Å². The average Bonchev–Trinajstić information content (AvgIpc) is 3.04. The van der Waals surface area contributed by atoms with E-state index in [1.54, 1.807) is 6.20 Å². The number of aromatic nitrogens is 3. The lowest BCUT2D eigenvalue weighted by atomic mass is 9.84. The summed E-state index contributed by atoms with van der Waals surface area (Å²) in [6.07, 6.45) is 7.94. The van der Waals surface area contributed by atoms with Gasteiger partial charge >= 0.3 is 0 Å². The molecule has 2 saturated heterocycles. The minimum atomic E-state index is -0.0499. The molecule has 1 atom stereocenters. The summed E-state index contributed by atoms with van der Waals surface area (Å²) in [5, 5.41) is 4.42. The molecule has 4 rings (SSSR count). The van der Waals surface area contributed by atoms with Crippen LogP contribution < -0.4 is 4.74 Å². The van der Waals surface area contributed by atoms with Crippen molar-refractivity contribution in [2.75, 3.05) is 19.7 Å². The zero-order chi connectivity index (χ0) is 17.3. The van der Waals surface area contributed by atoms with Gasteiger partial charge in [-0.15, -0.1) is 0 Å². The van der Waals surface area contributed by atoms with E-state index >= 15 is 0 Å². The Morgan fingerprint density at radius 3 is 2.96 bits per heavy atom. The van der Waals surface area contributed by atoms with Crippen LogP contribution in [0.2, 0.25) is 0 Å². The van der Waals surface area contributed by atoms with Gasteiger partial charge in [-0.2, -0.15) is 5.10 Å². The highest BCUT2D eigenvalue weighted by Gasteiger charge is 2.48. The summed E-state index contributed by atoms with van der Waals surface area (Å²) < 4.78 is 14.2. The Balaban J connectivity index is 1.30. The van der Waals surface area contributed by atoms with Crippen molar-refractivity contribution in [3.63, 3.8) is 0 Å². The summed E-state index contributed by atoms with van der Waals surface area (Å²) >= 11 is 0. The molecule has 6 nitrogen and oxygen atoms in total. The van der Waals surface area contributed by atoms with Gasteiger partial charge in [0.2, 0.25) is 5.88 Å². The lowest BCUT2D eigenvalue weighted by Gasteiger charge is -2.53. The summed E-state index contributed by atoms with van der Waals surface area (Å²) in [5.74, 6) is 0.710. The number of likely N-dealkylation sites (tertiary alicyclic amines) is 1. The molecular formula is C19H26N4O2. The molecule has 0 radical (unpaired) electrons. The zero-order valence-corrected chi connectivity index (χ0v) is 15.0. The van der Waals surface area contributed by atoms with Crippen LogP contribution in [0.5, 0.6) is 5.88 Å². The molecule has 0 aliphatic carbocycles. The van der Waals surface area contributed by atoms with E-state index in [4.69, 9.17) is 9.47 Å². The van der Waals surface area contributed by atoms with E-state index in [-0.39, 0.29) is 11.7 Å². The topological polar surface area (TPSA) is 52.4 Å². The van der Waals surface area contributed by atoms with Crippen LogP contribution in [-0.4, -0.2) is 51.1 Å². The standard InChI is InChI=1S/C19H26N4O2/c1-15(2)23-12-16(10-21-23)11-22-13-19(14-22)9-17(6-8-24-19)25-18-5-3-4-7-20-18/h3-5,7,10,12,15,17H,6,8-9,11,13-14H2,1-2H3/t17-/m1/s1. The smallest absolute Gasteiger partial charge is 0.213 e. The molecule has 2 aliphatic heterocycles. The monoisotopic (exact) mass is 342 g/mol. The quantitative estimate of drug-likeness (QED) is 0.836. The Hall–Kier alpha value is -1.92. The molecule has 2 aliphatic rings. The van der Waals surface area contributed by atoms with Crippen LogP contribution in [0.4, 0.5) is 0 Å². The maximum atomic E-state index is 6.12. The Kier molecular flexibility index (Phi) is 4.48. The van der Waals surface area contributed by atoms with Crippen LogP contribution in [0.15, 0.2) is 36.8 Å². The highest BCUT2D eigenvalue weighted by atomic mass is 16.5. The Morgan fingerprint density at radius 1 is 1.36 bits per heavy atom. The van der Waals surface area contributed by atoms with Crippen molar-refractivity contribution in [1.82, 2.24) is 19.7 Å². The molecule has 0 saturated carbocycles. The fourth-order valence-corrected chi connectivity index (χ4v) is 3.77. The van der Waals surface area contributed by atoms with Gasteiger partial charge in [0, 0.05) is 62.5 Å². The minimum Gasteiger partial charge on any atom is -0.474 e. The van der Waals surface area contributed by atoms with E-state index in [9.17, 15) is 0 Å². The van der Waals surface area contributed by atoms with Crippen LogP contribution in [0.1, 0.15) is 38.3 Å². The third-order valence-electron chi connectivity index (χ3n) is 4.99. The predicted octanol–water partition coefficient (Wildman–Crippen LogP) is 2.67. The largest absolute Gasteiger partial charge is 0.474 e. The first-order valence-electron chi connectivity index (χ1n) is 9.09. The lowest BCUT2D eigenvalue weighted by molar-refractivity contribution is -0.188. The number of ether oxygens (including phenoxy) is 2. The normalized spacial score (nSPS) is 22.9. The van der Waals surface area contributed by atoms with Crippen molar-refractivity contribution < 1.29 is 9.47 Å². The van der Waals surface area contributed by atoms with E-state index in [0.29, 0.717) is 11.9 Å². The van der Waals surface area contributed by atoms with E-state index in [1.165, 1.54) is 5.56 Å². The Morgan fingerprint density at radius 2 is 2.24 bits per heavy atom. The van der Waals surface area contributed by atoms with Gasteiger partial charge in [-0.25, -0.2) is 4.98 Å². The molecule has 0 amide bonds. The molecule has 0 N–H and O–H groups in total. The van der Waals surface area contributed by atoms with E-state index in [2.05, 4.69) is 35.0 Å². The second-order valence-corrected chi connectivity index (χ2v) is 7.50. The molecule has 134 valence electrons. The lowest BCUT2D eigenvalue weighted by Crippen LogP contribution is -2.65. The summed E-state index contributed by atoms with van der Waals surface area (Å²) in [7, 11) is 0. The molecule has 2 fully saturated rings. The fourth-order valence-electron chi connectivity index (χ4n) is 3.77. The molecule has 2 aromatic rings. The van der Waals surface area contributed by atoms with Crippen LogP contribution in [0.3, 0.4) is 0 Å². The van der Waals surface area contributed by atoms with Gasteiger partial charge in [0.1, 0.15) is 6.10 Å². The van der Waals surface area contributed by atoms with Gasteiger partial charge in [0.05, 0.1) is 18.4 Å². The van der Waals surface area contributed by atoms with Crippen molar-refractivity contribution in [3.05, 3.63) is 42.4 Å². The molecule has 0 bridgehead atoms. The van der Waals surface area contributed by atoms with Gasteiger partial charge < -0.3 is 9.47 Å². The molecule has 4 heterocycles. The minimum absolute atomic E-state index is 0.0499. The Labute approximate surface area is 148 Å². The second-order valence-electron chi connectivity index (χ2n) is 7.50. The molecule has 1 spiro atoms. The summed E-state index contributed by atoms with van der Waals surface area (Å²) in [4.78, 5) is 6.69. The van der Waals surface area contributed by atoms with Crippen LogP contribution >= 0.6 is 0 Å². The number of nitrogens with zero attached hydrogens (tertiary/aromatic N) is 4. The van der Waals surface area contributed by atoms with Crippen LogP contribution in [0, 0.1) is 0 Å². The second kappa shape index (κ2) is 6.77. The first-order chi connectivity index (χ1) is 12.1. The van der Waals surface area contributed by atoms with Gasteiger partial charge in [-0.1, -0.05) is 6.07 Å². The third kappa shape index (κ3) is 3.70.